The summed E-state index contributed by atoms with van der Waals surface area (Å²) in [5.74, 6) is 0.956. The number of thioether (sulfide) groups is 1. The Hall–Kier alpha value is -2.06. The van der Waals surface area contributed by atoms with Gasteiger partial charge in [-0.2, -0.15) is 11.8 Å². The predicted molar refractivity (Wildman–Crippen MR) is 169 cm³/mol. The van der Waals surface area contributed by atoms with Crippen molar-refractivity contribution >= 4 is 29.5 Å². The van der Waals surface area contributed by atoms with E-state index in [1.54, 1.807) is 17.6 Å². The molecule has 0 unspecified atom stereocenters. The number of nitrogens with zero attached hydrogens (tertiary/aromatic N) is 1. The van der Waals surface area contributed by atoms with Crippen LogP contribution in [0.1, 0.15) is 105 Å². The van der Waals surface area contributed by atoms with E-state index < -0.39 is 5.91 Å². The van der Waals surface area contributed by atoms with Crippen LogP contribution in [0.3, 0.4) is 0 Å². The second kappa shape index (κ2) is 32.2. The highest BCUT2D eigenvalue weighted by Gasteiger charge is 2.17. The minimum absolute atomic E-state index is 0.0262. The first kappa shape index (κ1) is 41.4. The number of hydrogen-bond donors (Lipinski definition) is 3. The largest absolute Gasteiger partial charge is 0.356 e. The summed E-state index contributed by atoms with van der Waals surface area (Å²) in [5, 5.41) is 11.6. The van der Waals surface area contributed by atoms with Crippen LogP contribution in [-0.4, -0.2) is 59.5 Å². The Morgan fingerprint density at radius 3 is 1.90 bits per heavy atom. The SMILES string of the molecule is C=C/C=C(\C=C)CCNC(=O)CCC(=O)N(CCCCCCCCCC)CC(=O)NO.CC(C)C.CCSC. The van der Waals surface area contributed by atoms with Crippen LogP contribution in [0.2, 0.25) is 0 Å². The van der Waals surface area contributed by atoms with Gasteiger partial charge < -0.3 is 10.2 Å². The molecule has 7 nitrogen and oxygen atoms in total. The molecule has 0 radical (unpaired) electrons. The summed E-state index contributed by atoms with van der Waals surface area (Å²) in [6, 6.07) is 0. The fourth-order valence-electron chi connectivity index (χ4n) is 3.16. The monoisotopic (exact) mass is 569 g/mol. The zero-order valence-corrected chi connectivity index (χ0v) is 26.7. The van der Waals surface area contributed by atoms with Gasteiger partial charge in [-0.3, -0.25) is 19.6 Å². The molecule has 0 bridgehead atoms. The second-order valence-electron chi connectivity index (χ2n) is 9.92. The average molecular weight is 570 g/mol. The first-order chi connectivity index (χ1) is 18.6. The smallest absolute Gasteiger partial charge is 0.262 e. The van der Waals surface area contributed by atoms with Gasteiger partial charge >= 0.3 is 0 Å². The normalized spacial score (nSPS) is 10.4. The number of allylic oxidation sites excluding steroid dienone is 3. The molecule has 0 aliphatic carbocycles. The van der Waals surface area contributed by atoms with Crippen LogP contribution in [0.5, 0.6) is 0 Å². The van der Waals surface area contributed by atoms with Crippen LogP contribution in [-0.2, 0) is 14.4 Å². The number of rotatable bonds is 20. The number of nitrogens with one attached hydrogen (secondary N) is 2. The molecule has 0 atom stereocenters. The van der Waals surface area contributed by atoms with Crippen molar-refractivity contribution in [3.8, 4) is 0 Å². The quantitative estimate of drug-likeness (QED) is 0.0630. The third kappa shape index (κ3) is 33.9. The van der Waals surface area contributed by atoms with Gasteiger partial charge in [0.25, 0.3) is 5.91 Å². The van der Waals surface area contributed by atoms with E-state index in [4.69, 9.17) is 5.21 Å². The molecule has 0 rings (SSSR count). The second-order valence-corrected chi connectivity index (χ2v) is 11.1. The lowest BCUT2D eigenvalue weighted by atomic mass is 10.1. The first-order valence-corrected chi connectivity index (χ1v) is 15.9. The van der Waals surface area contributed by atoms with E-state index in [9.17, 15) is 14.4 Å². The predicted octanol–water partition coefficient (Wildman–Crippen LogP) is 7.08. The minimum atomic E-state index is -0.636. The fraction of sp³-hybridized carbons (Fsp3) is 0.710. The van der Waals surface area contributed by atoms with Gasteiger partial charge in [-0.05, 0) is 36.3 Å². The van der Waals surface area contributed by atoms with Gasteiger partial charge in [0.05, 0.1) is 0 Å². The van der Waals surface area contributed by atoms with E-state index >= 15 is 0 Å². The van der Waals surface area contributed by atoms with Crippen molar-refractivity contribution in [3.05, 3.63) is 37.0 Å². The summed E-state index contributed by atoms with van der Waals surface area (Å²) in [4.78, 5) is 37.5. The highest BCUT2D eigenvalue weighted by atomic mass is 32.2. The summed E-state index contributed by atoms with van der Waals surface area (Å²) < 4.78 is 0. The third-order valence-electron chi connectivity index (χ3n) is 5.28. The molecular formula is C31H59N3O4S. The van der Waals surface area contributed by atoms with Gasteiger partial charge in [-0.25, -0.2) is 5.48 Å². The van der Waals surface area contributed by atoms with E-state index in [0.717, 1.165) is 30.8 Å². The molecule has 8 heteroatoms. The maximum Gasteiger partial charge on any atom is 0.262 e. The standard InChI is InChI=1S/C24H41N3O4.C4H10.C3H8S/c1-4-7-8-9-10-11-12-13-19-27(20-23(29)26-31)24(30)16-15-22(28)25-18-17-21(6-3)14-5-2;1-4(2)3;1-3-4-2/h5-6,14,31H,2-4,7-13,15-20H2,1H3,(H,25,28)(H,26,29);4H,1-3H3;3H2,1-2H3/b21-14+;;. The summed E-state index contributed by atoms with van der Waals surface area (Å²) in [7, 11) is 0. The van der Waals surface area contributed by atoms with Crippen molar-refractivity contribution in [2.45, 2.75) is 105 Å². The molecule has 0 aromatic carbocycles. The molecule has 0 aromatic heterocycles. The third-order valence-corrected chi connectivity index (χ3v) is 5.86. The van der Waals surface area contributed by atoms with Crippen molar-refractivity contribution in [2.24, 2.45) is 5.92 Å². The molecule has 0 saturated carbocycles. The zero-order chi connectivity index (χ0) is 30.3. The number of hydroxylamine groups is 1. The number of amides is 3. The van der Waals surface area contributed by atoms with Crippen LogP contribution < -0.4 is 10.8 Å². The van der Waals surface area contributed by atoms with E-state index in [-0.39, 0.29) is 31.2 Å². The zero-order valence-electron chi connectivity index (χ0n) is 25.9. The molecule has 0 heterocycles. The maximum absolute atomic E-state index is 12.5. The Bertz CT molecular complexity index is 661. The molecule has 0 spiro atoms. The van der Waals surface area contributed by atoms with Crippen LogP contribution in [0.15, 0.2) is 37.0 Å². The summed E-state index contributed by atoms with van der Waals surface area (Å²) in [6.07, 6.45) is 17.1. The number of hydrogen-bond acceptors (Lipinski definition) is 5. The van der Waals surface area contributed by atoms with Crippen molar-refractivity contribution in [1.29, 1.82) is 0 Å². The van der Waals surface area contributed by atoms with E-state index in [1.165, 1.54) is 42.8 Å². The van der Waals surface area contributed by atoms with Crippen LogP contribution in [0.4, 0.5) is 0 Å². The Kier molecular flexibility index (Phi) is 34.2. The van der Waals surface area contributed by atoms with Crippen LogP contribution >= 0.6 is 11.8 Å². The lowest BCUT2D eigenvalue weighted by molar-refractivity contribution is -0.140. The summed E-state index contributed by atoms with van der Waals surface area (Å²) in [6.45, 7) is 18.9. The van der Waals surface area contributed by atoms with Crippen molar-refractivity contribution in [3.63, 3.8) is 0 Å². The molecule has 0 aromatic rings. The fourth-order valence-corrected chi connectivity index (χ4v) is 3.16. The van der Waals surface area contributed by atoms with Crippen molar-refractivity contribution in [1.82, 2.24) is 15.7 Å². The molecular weight excluding hydrogens is 510 g/mol. The lowest BCUT2D eigenvalue weighted by Gasteiger charge is -2.21. The molecule has 0 fully saturated rings. The van der Waals surface area contributed by atoms with E-state index in [0.29, 0.717) is 19.5 Å². The van der Waals surface area contributed by atoms with Gasteiger partial charge in [-0.1, -0.05) is 111 Å². The molecule has 3 amide bonds. The summed E-state index contributed by atoms with van der Waals surface area (Å²) >= 11 is 1.86. The molecule has 0 aliphatic rings. The van der Waals surface area contributed by atoms with Gasteiger partial charge in [0, 0.05) is 25.9 Å². The number of unbranched alkanes of at least 4 members (excludes halogenated alkanes) is 7. The molecule has 39 heavy (non-hydrogen) atoms. The summed E-state index contributed by atoms with van der Waals surface area (Å²) in [5.41, 5.74) is 2.54. The molecule has 3 N–H and O–H groups in total. The number of carbonyl (C=O) groups excluding carboxylic acids is 3. The Balaban J connectivity index is -0.00000141. The van der Waals surface area contributed by atoms with E-state index in [1.807, 2.05) is 17.8 Å². The Morgan fingerprint density at radius 1 is 0.897 bits per heavy atom. The lowest BCUT2D eigenvalue weighted by Crippen LogP contribution is -2.40. The molecule has 0 saturated heterocycles. The van der Waals surface area contributed by atoms with Crippen LogP contribution in [0, 0.1) is 5.92 Å². The van der Waals surface area contributed by atoms with E-state index in [2.05, 4.69) is 59.3 Å². The van der Waals surface area contributed by atoms with Crippen molar-refractivity contribution < 1.29 is 19.6 Å². The average Bonchev–Trinajstić information content (AvgIpc) is 2.91. The van der Waals surface area contributed by atoms with Gasteiger partial charge in [0.15, 0.2) is 0 Å². The van der Waals surface area contributed by atoms with Crippen LogP contribution in [0.25, 0.3) is 0 Å². The number of carbonyl (C=O) groups is 3. The Morgan fingerprint density at radius 2 is 1.44 bits per heavy atom. The highest BCUT2D eigenvalue weighted by molar-refractivity contribution is 7.98. The molecule has 228 valence electrons. The minimum Gasteiger partial charge on any atom is -0.356 e. The Labute approximate surface area is 244 Å². The highest BCUT2D eigenvalue weighted by Crippen LogP contribution is 2.10. The van der Waals surface area contributed by atoms with Gasteiger partial charge in [0.1, 0.15) is 6.54 Å². The topological polar surface area (TPSA) is 98.7 Å². The molecule has 0 aliphatic heterocycles. The van der Waals surface area contributed by atoms with Gasteiger partial charge in [-0.15, -0.1) is 0 Å². The maximum atomic E-state index is 12.5. The van der Waals surface area contributed by atoms with Crippen molar-refractivity contribution in [2.75, 3.05) is 31.6 Å². The van der Waals surface area contributed by atoms with Gasteiger partial charge in [0.2, 0.25) is 11.8 Å². The first-order valence-electron chi connectivity index (χ1n) is 14.5.